The lowest BCUT2D eigenvalue weighted by Gasteiger charge is -2.12. The zero-order valence-corrected chi connectivity index (χ0v) is 12.4. The fourth-order valence-corrected chi connectivity index (χ4v) is 2.74. The summed E-state index contributed by atoms with van der Waals surface area (Å²) in [6, 6.07) is 0.233. The molecular formula is C13H22N2O2S. The summed E-state index contributed by atoms with van der Waals surface area (Å²) < 4.78 is 4.88. The van der Waals surface area contributed by atoms with Crippen LogP contribution in [0.4, 0.5) is 0 Å². The Labute approximate surface area is 113 Å². The molecule has 0 radical (unpaired) electrons. The van der Waals surface area contributed by atoms with E-state index in [-0.39, 0.29) is 12.0 Å². The molecule has 0 spiro atoms. The average Bonchev–Trinajstić information content (AvgIpc) is 2.64. The fraction of sp³-hybridized carbons (Fsp3) is 0.692. The number of carbonyl (C=O) groups excluding carboxylic acids is 1. The van der Waals surface area contributed by atoms with Crippen LogP contribution < -0.4 is 5.32 Å². The van der Waals surface area contributed by atoms with Crippen molar-refractivity contribution in [3.05, 3.63) is 15.6 Å². The first-order valence-corrected chi connectivity index (χ1v) is 7.19. The molecule has 0 bridgehead atoms. The van der Waals surface area contributed by atoms with Gasteiger partial charge in [-0.3, -0.25) is 4.79 Å². The van der Waals surface area contributed by atoms with E-state index in [0.29, 0.717) is 13.0 Å². The van der Waals surface area contributed by atoms with Crippen molar-refractivity contribution in [1.29, 1.82) is 0 Å². The summed E-state index contributed by atoms with van der Waals surface area (Å²) in [6.45, 7) is 9.30. The zero-order chi connectivity index (χ0) is 13.5. The summed E-state index contributed by atoms with van der Waals surface area (Å²) in [5, 5.41) is 4.49. The SMILES string of the molecule is CCOC(=O)CCCNC(C)c1nc(C)sc1C. The molecule has 1 aromatic rings. The van der Waals surface area contributed by atoms with E-state index >= 15 is 0 Å². The van der Waals surface area contributed by atoms with Crippen LogP contribution in [-0.4, -0.2) is 24.1 Å². The largest absolute Gasteiger partial charge is 0.466 e. The van der Waals surface area contributed by atoms with E-state index in [1.165, 1.54) is 4.88 Å². The summed E-state index contributed by atoms with van der Waals surface area (Å²) in [5.41, 5.74) is 1.12. The van der Waals surface area contributed by atoms with E-state index in [1.54, 1.807) is 11.3 Å². The van der Waals surface area contributed by atoms with Gasteiger partial charge in [-0.2, -0.15) is 0 Å². The second kappa shape index (κ2) is 7.48. The highest BCUT2D eigenvalue weighted by Gasteiger charge is 2.12. The molecule has 0 fully saturated rings. The monoisotopic (exact) mass is 270 g/mol. The number of carbonyl (C=O) groups is 1. The number of thiazole rings is 1. The molecule has 1 unspecified atom stereocenters. The van der Waals surface area contributed by atoms with Gasteiger partial charge in [-0.1, -0.05) is 0 Å². The van der Waals surface area contributed by atoms with E-state index in [0.717, 1.165) is 23.7 Å². The van der Waals surface area contributed by atoms with Crippen LogP contribution in [0.1, 0.15) is 48.3 Å². The minimum Gasteiger partial charge on any atom is -0.466 e. The number of esters is 1. The van der Waals surface area contributed by atoms with Gasteiger partial charge >= 0.3 is 5.97 Å². The van der Waals surface area contributed by atoms with Crippen LogP contribution >= 0.6 is 11.3 Å². The summed E-state index contributed by atoms with van der Waals surface area (Å²) >= 11 is 1.72. The third-order valence-electron chi connectivity index (χ3n) is 2.66. The van der Waals surface area contributed by atoms with Crippen LogP contribution in [0.25, 0.3) is 0 Å². The summed E-state index contributed by atoms with van der Waals surface area (Å²) in [4.78, 5) is 16.9. The van der Waals surface area contributed by atoms with E-state index in [9.17, 15) is 4.79 Å². The molecule has 0 saturated heterocycles. The molecule has 1 heterocycles. The molecule has 0 aliphatic rings. The topological polar surface area (TPSA) is 51.2 Å². The number of rotatable bonds is 7. The number of aryl methyl sites for hydroxylation is 2. The molecule has 1 rings (SSSR count). The van der Waals surface area contributed by atoms with E-state index in [4.69, 9.17) is 4.74 Å². The van der Waals surface area contributed by atoms with Crippen LogP contribution in [-0.2, 0) is 9.53 Å². The molecule has 1 aromatic heterocycles. The Balaban J connectivity index is 2.27. The number of aromatic nitrogens is 1. The maximum atomic E-state index is 11.2. The van der Waals surface area contributed by atoms with Gasteiger partial charge in [-0.15, -0.1) is 11.3 Å². The number of nitrogens with one attached hydrogen (secondary N) is 1. The Morgan fingerprint density at radius 2 is 2.22 bits per heavy atom. The summed E-state index contributed by atoms with van der Waals surface area (Å²) in [5.74, 6) is -0.118. The van der Waals surface area contributed by atoms with Crippen LogP contribution in [0, 0.1) is 13.8 Å². The van der Waals surface area contributed by atoms with Crippen molar-refractivity contribution in [3.63, 3.8) is 0 Å². The lowest BCUT2D eigenvalue weighted by atomic mass is 10.2. The van der Waals surface area contributed by atoms with Gasteiger partial charge in [-0.25, -0.2) is 4.98 Å². The van der Waals surface area contributed by atoms with E-state index in [1.807, 2.05) is 13.8 Å². The predicted octanol–water partition coefficient (Wildman–Crippen LogP) is 2.75. The molecule has 1 N–H and O–H groups in total. The van der Waals surface area contributed by atoms with Gasteiger partial charge in [0, 0.05) is 17.3 Å². The molecule has 0 saturated carbocycles. The van der Waals surface area contributed by atoms with E-state index < -0.39 is 0 Å². The first-order valence-electron chi connectivity index (χ1n) is 6.37. The van der Waals surface area contributed by atoms with Gasteiger partial charge in [0.15, 0.2) is 0 Å². The van der Waals surface area contributed by atoms with Crippen molar-refractivity contribution in [2.45, 2.75) is 46.6 Å². The quantitative estimate of drug-likeness (QED) is 0.611. The number of hydrogen-bond donors (Lipinski definition) is 1. The van der Waals surface area contributed by atoms with Crippen molar-refractivity contribution >= 4 is 17.3 Å². The first-order chi connectivity index (χ1) is 8.54. The Morgan fingerprint density at radius 3 is 2.78 bits per heavy atom. The Bertz CT molecular complexity index is 390. The fourth-order valence-electron chi connectivity index (χ4n) is 1.83. The Morgan fingerprint density at radius 1 is 1.50 bits per heavy atom. The van der Waals surface area contributed by atoms with Crippen molar-refractivity contribution in [2.24, 2.45) is 0 Å². The zero-order valence-electron chi connectivity index (χ0n) is 11.6. The lowest BCUT2D eigenvalue weighted by Crippen LogP contribution is -2.21. The van der Waals surface area contributed by atoms with Crippen LogP contribution in [0.5, 0.6) is 0 Å². The number of hydrogen-bond acceptors (Lipinski definition) is 5. The Kier molecular flexibility index (Phi) is 6.29. The minimum atomic E-state index is -0.118. The average molecular weight is 270 g/mol. The van der Waals surface area contributed by atoms with Crippen molar-refractivity contribution in [2.75, 3.05) is 13.2 Å². The molecule has 18 heavy (non-hydrogen) atoms. The highest BCUT2D eigenvalue weighted by Crippen LogP contribution is 2.22. The molecule has 4 nitrogen and oxygen atoms in total. The third-order valence-corrected chi connectivity index (χ3v) is 3.57. The molecule has 0 aliphatic carbocycles. The van der Waals surface area contributed by atoms with Gasteiger partial charge in [-0.05, 0) is 40.7 Å². The van der Waals surface area contributed by atoms with Gasteiger partial charge in [0.05, 0.1) is 17.3 Å². The number of ether oxygens (including phenoxy) is 1. The van der Waals surface area contributed by atoms with Crippen LogP contribution in [0.15, 0.2) is 0 Å². The maximum Gasteiger partial charge on any atom is 0.305 e. The van der Waals surface area contributed by atoms with Crippen molar-refractivity contribution in [1.82, 2.24) is 10.3 Å². The predicted molar refractivity (Wildman–Crippen MR) is 73.9 cm³/mol. The molecule has 0 amide bonds. The smallest absolute Gasteiger partial charge is 0.305 e. The molecule has 5 heteroatoms. The van der Waals surface area contributed by atoms with Gasteiger partial charge < -0.3 is 10.1 Å². The first kappa shape index (κ1) is 15.1. The van der Waals surface area contributed by atoms with Crippen LogP contribution in [0.2, 0.25) is 0 Å². The van der Waals surface area contributed by atoms with Crippen molar-refractivity contribution < 1.29 is 9.53 Å². The van der Waals surface area contributed by atoms with E-state index in [2.05, 4.69) is 24.1 Å². The second-order valence-corrected chi connectivity index (χ2v) is 5.67. The van der Waals surface area contributed by atoms with Gasteiger partial charge in [0.1, 0.15) is 0 Å². The summed E-state index contributed by atoms with van der Waals surface area (Å²) in [7, 11) is 0. The van der Waals surface area contributed by atoms with Gasteiger partial charge in [0.2, 0.25) is 0 Å². The molecule has 0 aliphatic heterocycles. The standard InChI is InChI=1S/C13H22N2O2S/c1-5-17-12(16)7-6-8-14-9(2)13-10(3)18-11(4)15-13/h9,14H,5-8H2,1-4H3. The Hall–Kier alpha value is -0.940. The molecule has 1 atom stereocenters. The second-order valence-electron chi connectivity index (χ2n) is 4.26. The van der Waals surface area contributed by atoms with Crippen LogP contribution in [0.3, 0.4) is 0 Å². The molecule has 102 valence electrons. The highest BCUT2D eigenvalue weighted by atomic mass is 32.1. The maximum absolute atomic E-state index is 11.2. The molecule has 0 aromatic carbocycles. The number of nitrogens with zero attached hydrogens (tertiary/aromatic N) is 1. The van der Waals surface area contributed by atoms with Gasteiger partial charge in [0.25, 0.3) is 0 Å². The third kappa shape index (κ3) is 4.74. The lowest BCUT2D eigenvalue weighted by molar-refractivity contribution is -0.143. The highest BCUT2D eigenvalue weighted by molar-refractivity contribution is 7.11. The normalized spacial score (nSPS) is 12.4. The van der Waals surface area contributed by atoms with Crippen molar-refractivity contribution in [3.8, 4) is 0 Å². The summed E-state index contributed by atoms with van der Waals surface area (Å²) in [6.07, 6.45) is 1.27. The molecular weight excluding hydrogens is 248 g/mol. The minimum absolute atomic E-state index is 0.118.